The van der Waals surface area contributed by atoms with Crippen LogP contribution in [0.3, 0.4) is 0 Å². The lowest BCUT2D eigenvalue weighted by atomic mass is 10.0. The fourth-order valence-corrected chi connectivity index (χ4v) is 1.79. The van der Waals surface area contributed by atoms with Crippen molar-refractivity contribution in [3.63, 3.8) is 0 Å². The van der Waals surface area contributed by atoms with Crippen molar-refractivity contribution in [1.29, 1.82) is 0 Å². The molecular weight excluding hydrogens is 232 g/mol. The highest BCUT2D eigenvalue weighted by atomic mass is 16.3. The van der Waals surface area contributed by atoms with Crippen molar-refractivity contribution in [3.8, 4) is 11.5 Å². The third-order valence-corrected chi connectivity index (χ3v) is 3.11. The summed E-state index contributed by atoms with van der Waals surface area (Å²) in [6.07, 6.45) is 0.381. The average Bonchev–Trinajstić information content (AvgIpc) is 2.34. The smallest absolute Gasteiger partial charge is 0.221 e. The summed E-state index contributed by atoms with van der Waals surface area (Å²) in [6, 6.07) is 4.50. The molecule has 0 aliphatic rings. The molecule has 100 valence electrons. The molecule has 0 saturated carbocycles. The van der Waals surface area contributed by atoms with E-state index >= 15 is 0 Å². The largest absolute Gasteiger partial charge is 0.507 e. The second-order valence-corrected chi connectivity index (χ2v) is 4.29. The lowest BCUT2D eigenvalue weighted by Gasteiger charge is -2.25. The van der Waals surface area contributed by atoms with E-state index in [1.807, 2.05) is 18.9 Å². The lowest BCUT2D eigenvalue weighted by Crippen LogP contribution is -2.28. The van der Waals surface area contributed by atoms with Crippen molar-refractivity contribution in [1.82, 2.24) is 10.2 Å². The number of nitrogens with zero attached hydrogens (tertiary/aromatic N) is 1. The van der Waals surface area contributed by atoms with E-state index in [-0.39, 0.29) is 23.4 Å². The van der Waals surface area contributed by atoms with Gasteiger partial charge in [0.15, 0.2) is 0 Å². The first-order valence-electron chi connectivity index (χ1n) is 5.89. The summed E-state index contributed by atoms with van der Waals surface area (Å²) in [7, 11) is 3.44. The molecule has 0 spiro atoms. The van der Waals surface area contributed by atoms with Crippen molar-refractivity contribution >= 4 is 5.91 Å². The minimum atomic E-state index is -0.171. The molecule has 0 saturated heterocycles. The Bertz CT molecular complexity index is 400. The molecule has 1 rings (SSSR count). The SMILES string of the molecule is CNC(=O)CCN(C)C(C)c1c(O)cccc1O. The third kappa shape index (κ3) is 3.37. The van der Waals surface area contributed by atoms with Crippen LogP contribution in [0.2, 0.25) is 0 Å². The summed E-state index contributed by atoms with van der Waals surface area (Å²) < 4.78 is 0. The number of carbonyl (C=O) groups excluding carboxylic acids is 1. The molecule has 18 heavy (non-hydrogen) atoms. The van der Waals surface area contributed by atoms with Crippen LogP contribution in [0.1, 0.15) is 24.9 Å². The maximum atomic E-state index is 11.2. The minimum absolute atomic E-state index is 0.0319. The van der Waals surface area contributed by atoms with Crippen molar-refractivity contribution in [2.75, 3.05) is 20.6 Å². The number of rotatable bonds is 5. The van der Waals surface area contributed by atoms with E-state index in [2.05, 4.69) is 5.32 Å². The molecular formula is C13H20N2O3. The lowest BCUT2D eigenvalue weighted by molar-refractivity contribution is -0.120. The quantitative estimate of drug-likeness (QED) is 0.737. The second-order valence-electron chi connectivity index (χ2n) is 4.29. The number of benzene rings is 1. The predicted molar refractivity (Wildman–Crippen MR) is 69.5 cm³/mol. The Hall–Kier alpha value is -1.75. The van der Waals surface area contributed by atoms with Gasteiger partial charge in [0.25, 0.3) is 0 Å². The summed E-state index contributed by atoms with van der Waals surface area (Å²) in [6.45, 7) is 2.42. The van der Waals surface area contributed by atoms with Gasteiger partial charge in [0, 0.05) is 26.1 Å². The number of hydrogen-bond donors (Lipinski definition) is 3. The maximum Gasteiger partial charge on any atom is 0.221 e. The Labute approximate surface area is 107 Å². The second kappa shape index (κ2) is 6.26. The number of hydrogen-bond acceptors (Lipinski definition) is 4. The average molecular weight is 252 g/mol. The van der Waals surface area contributed by atoms with Gasteiger partial charge in [-0.2, -0.15) is 0 Å². The molecule has 0 fully saturated rings. The molecule has 1 unspecified atom stereocenters. The molecule has 1 amide bonds. The van der Waals surface area contributed by atoms with E-state index in [1.54, 1.807) is 13.1 Å². The molecule has 5 heteroatoms. The highest BCUT2D eigenvalue weighted by molar-refractivity contribution is 5.75. The fraction of sp³-hybridized carbons (Fsp3) is 0.462. The van der Waals surface area contributed by atoms with Crippen molar-refractivity contribution < 1.29 is 15.0 Å². The minimum Gasteiger partial charge on any atom is -0.507 e. The highest BCUT2D eigenvalue weighted by Gasteiger charge is 2.19. The summed E-state index contributed by atoms with van der Waals surface area (Å²) in [5.41, 5.74) is 0.483. The molecule has 1 aromatic carbocycles. The number of amides is 1. The van der Waals surface area contributed by atoms with Crippen LogP contribution in [0.5, 0.6) is 11.5 Å². The number of aromatic hydroxyl groups is 2. The number of nitrogens with one attached hydrogen (secondary N) is 1. The van der Waals surface area contributed by atoms with Crippen LogP contribution in [0.25, 0.3) is 0 Å². The van der Waals surface area contributed by atoms with Gasteiger partial charge < -0.3 is 15.5 Å². The van der Waals surface area contributed by atoms with Crippen LogP contribution in [0.4, 0.5) is 0 Å². The van der Waals surface area contributed by atoms with Gasteiger partial charge in [-0.05, 0) is 26.1 Å². The van der Waals surface area contributed by atoms with Crippen molar-refractivity contribution in [2.45, 2.75) is 19.4 Å². The van der Waals surface area contributed by atoms with Gasteiger partial charge in [0.2, 0.25) is 5.91 Å². The number of phenolic OH excluding ortho intramolecular Hbond substituents is 2. The van der Waals surface area contributed by atoms with Gasteiger partial charge >= 0.3 is 0 Å². The Kier molecular flexibility index (Phi) is 4.97. The first-order valence-corrected chi connectivity index (χ1v) is 5.89. The van der Waals surface area contributed by atoms with Gasteiger partial charge in [0.05, 0.1) is 5.56 Å². The van der Waals surface area contributed by atoms with Crippen LogP contribution >= 0.6 is 0 Å². The first-order chi connectivity index (χ1) is 8.47. The summed E-state index contributed by atoms with van der Waals surface area (Å²) in [5.74, 6) is 0.0964. The van der Waals surface area contributed by atoms with Crippen LogP contribution in [-0.2, 0) is 4.79 Å². The zero-order valence-corrected chi connectivity index (χ0v) is 11.0. The number of phenols is 2. The monoisotopic (exact) mass is 252 g/mol. The predicted octanol–water partition coefficient (Wildman–Crippen LogP) is 1.23. The Morgan fingerprint density at radius 2 is 1.94 bits per heavy atom. The molecule has 0 aliphatic carbocycles. The topological polar surface area (TPSA) is 72.8 Å². The number of carbonyl (C=O) groups is 1. The van der Waals surface area contributed by atoms with E-state index < -0.39 is 0 Å². The van der Waals surface area contributed by atoms with Crippen molar-refractivity contribution in [2.24, 2.45) is 0 Å². The molecule has 1 atom stereocenters. The van der Waals surface area contributed by atoms with E-state index in [0.29, 0.717) is 18.5 Å². The van der Waals surface area contributed by atoms with Crippen LogP contribution in [-0.4, -0.2) is 41.7 Å². The zero-order valence-electron chi connectivity index (χ0n) is 11.0. The molecule has 0 bridgehead atoms. The molecule has 0 aliphatic heterocycles. The standard InChI is InChI=1S/C13H20N2O3/c1-9(15(3)8-7-12(18)14-2)13-10(16)5-4-6-11(13)17/h4-6,9,16-17H,7-8H2,1-3H3,(H,14,18). The highest BCUT2D eigenvalue weighted by Crippen LogP contribution is 2.34. The van der Waals surface area contributed by atoms with Crippen LogP contribution in [0, 0.1) is 0 Å². The summed E-state index contributed by atoms with van der Waals surface area (Å²) in [5, 5.41) is 22.1. The Balaban J connectivity index is 2.74. The maximum absolute atomic E-state index is 11.2. The fourth-order valence-electron chi connectivity index (χ4n) is 1.79. The van der Waals surface area contributed by atoms with E-state index in [1.165, 1.54) is 12.1 Å². The molecule has 1 aromatic rings. The summed E-state index contributed by atoms with van der Waals surface area (Å²) >= 11 is 0. The Morgan fingerprint density at radius 1 is 1.39 bits per heavy atom. The molecule has 0 aromatic heterocycles. The normalized spacial score (nSPS) is 12.4. The first kappa shape index (κ1) is 14.3. The van der Waals surface area contributed by atoms with Gasteiger partial charge in [-0.25, -0.2) is 0 Å². The zero-order chi connectivity index (χ0) is 13.7. The molecule has 0 heterocycles. The third-order valence-electron chi connectivity index (χ3n) is 3.11. The Morgan fingerprint density at radius 3 is 2.44 bits per heavy atom. The van der Waals surface area contributed by atoms with Gasteiger partial charge in [-0.1, -0.05) is 6.07 Å². The summed E-state index contributed by atoms with van der Waals surface area (Å²) in [4.78, 5) is 13.1. The van der Waals surface area contributed by atoms with E-state index in [9.17, 15) is 15.0 Å². The van der Waals surface area contributed by atoms with Crippen LogP contribution in [0.15, 0.2) is 18.2 Å². The van der Waals surface area contributed by atoms with E-state index in [0.717, 1.165) is 0 Å². The molecule has 0 radical (unpaired) electrons. The molecule has 5 nitrogen and oxygen atoms in total. The van der Waals surface area contributed by atoms with Gasteiger partial charge in [0.1, 0.15) is 11.5 Å². The van der Waals surface area contributed by atoms with E-state index in [4.69, 9.17) is 0 Å². The molecule has 3 N–H and O–H groups in total. The van der Waals surface area contributed by atoms with Gasteiger partial charge in [-0.15, -0.1) is 0 Å². The van der Waals surface area contributed by atoms with Crippen LogP contribution < -0.4 is 5.32 Å². The van der Waals surface area contributed by atoms with Crippen molar-refractivity contribution in [3.05, 3.63) is 23.8 Å². The van der Waals surface area contributed by atoms with Gasteiger partial charge in [-0.3, -0.25) is 9.69 Å².